The Bertz CT molecular complexity index is 823. The Kier molecular flexibility index (Phi) is 4.52. The summed E-state index contributed by atoms with van der Waals surface area (Å²) >= 11 is 0. The van der Waals surface area contributed by atoms with Gasteiger partial charge in [0.05, 0.1) is 26.2 Å². The van der Waals surface area contributed by atoms with Gasteiger partial charge in [-0.3, -0.25) is 4.79 Å². The zero-order valence-corrected chi connectivity index (χ0v) is 13.4. The summed E-state index contributed by atoms with van der Waals surface area (Å²) in [6.07, 6.45) is 1.61. The van der Waals surface area contributed by atoms with E-state index in [0.717, 1.165) is 11.3 Å². The van der Waals surface area contributed by atoms with Gasteiger partial charge >= 0.3 is 0 Å². The molecule has 3 aromatic rings. The predicted octanol–water partition coefficient (Wildman–Crippen LogP) is 4.22. The third-order valence-corrected chi connectivity index (χ3v) is 3.61. The van der Waals surface area contributed by atoms with E-state index in [1.165, 1.54) is 0 Å². The molecule has 1 aromatic heterocycles. The molecule has 1 heterocycles. The van der Waals surface area contributed by atoms with Crippen molar-refractivity contribution in [3.8, 4) is 22.8 Å². The van der Waals surface area contributed by atoms with Crippen molar-refractivity contribution in [1.82, 2.24) is 0 Å². The number of carbonyl (C=O) groups excluding carboxylic acids is 1. The molecule has 1 N–H and O–H groups in total. The third-order valence-electron chi connectivity index (χ3n) is 3.61. The molecule has 0 spiro atoms. The van der Waals surface area contributed by atoms with E-state index in [1.807, 2.05) is 24.3 Å². The number of hydrogen-bond donors (Lipinski definition) is 1. The quantitative estimate of drug-likeness (QED) is 0.764. The lowest BCUT2D eigenvalue weighted by molar-refractivity contribution is 0.102. The summed E-state index contributed by atoms with van der Waals surface area (Å²) < 4.78 is 15.8. The maximum atomic E-state index is 12.4. The Morgan fingerprint density at radius 2 is 1.79 bits per heavy atom. The van der Waals surface area contributed by atoms with E-state index in [1.54, 1.807) is 50.8 Å². The van der Waals surface area contributed by atoms with Crippen molar-refractivity contribution < 1.29 is 18.7 Å². The van der Waals surface area contributed by atoms with E-state index in [-0.39, 0.29) is 5.91 Å². The highest BCUT2D eigenvalue weighted by Gasteiger charge is 2.12. The Morgan fingerprint density at radius 1 is 1.00 bits per heavy atom. The molecule has 24 heavy (non-hydrogen) atoms. The number of rotatable bonds is 5. The van der Waals surface area contributed by atoms with Crippen LogP contribution >= 0.6 is 0 Å². The van der Waals surface area contributed by atoms with Gasteiger partial charge in [-0.25, -0.2) is 0 Å². The van der Waals surface area contributed by atoms with Gasteiger partial charge in [-0.1, -0.05) is 0 Å². The second-order valence-electron chi connectivity index (χ2n) is 5.07. The maximum absolute atomic E-state index is 12.4. The average molecular weight is 323 g/mol. The molecule has 3 rings (SSSR count). The molecule has 0 radical (unpaired) electrons. The van der Waals surface area contributed by atoms with E-state index >= 15 is 0 Å². The van der Waals surface area contributed by atoms with Gasteiger partial charge in [0, 0.05) is 11.1 Å². The van der Waals surface area contributed by atoms with Gasteiger partial charge < -0.3 is 19.2 Å². The number of hydrogen-bond acceptors (Lipinski definition) is 4. The highest BCUT2D eigenvalue weighted by atomic mass is 16.5. The molecule has 0 fully saturated rings. The number of benzene rings is 2. The lowest BCUT2D eigenvalue weighted by Crippen LogP contribution is -2.12. The molecular formula is C19H17NO4. The van der Waals surface area contributed by atoms with Crippen molar-refractivity contribution in [2.45, 2.75) is 0 Å². The van der Waals surface area contributed by atoms with Crippen LogP contribution in [0.1, 0.15) is 10.4 Å². The second-order valence-corrected chi connectivity index (χ2v) is 5.07. The van der Waals surface area contributed by atoms with Crippen LogP contribution in [0.15, 0.2) is 65.3 Å². The van der Waals surface area contributed by atoms with E-state index < -0.39 is 0 Å². The minimum atomic E-state index is -0.221. The van der Waals surface area contributed by atoms with Crippen molar-refractivity contribution in [1.29, 1.82) is 0 Å². The molecule has 5 nitrogen and oxygen atoms in total. The number of anilines is 1. The predicted molar refractivity (Wildman–Crippen MR) is 91.6 cm³/mol. The lowest BCUT2D eigenvalue weighted by Gasteiger charge is -2.11. The molecule has 0 bridgehead atoms. The lowest BCUT2D eigenvalue weighted by atomic mass is 10.1. The van der Waals surface area contributed by atoms with Gasteiger partial charge in [-0.05, 0) is 54.6 Å². The third kappa shape index (κ3) is 3.25. The van der Waals surface area contributed by atoms with Gasteiger partial charge in [-0.2, -0.15) is 0 Å². The molecule has 0 aliphatic heterocycles. The van der Waals surface area contributed by atoms with Gasteiger partial charge in [0.25, 0.3) is 5.91 Å². The SMILES string of the molecule is COc1ccc(C(=O)Nc2ccc(-c3ccco3)cc2OC)cc1. The minimum Gasteiger partial charge on any atom is -0.497 e. The molecule has 0 aliphatic carbocycles. The smallest absolute Gasteiger partial charge is 0.255 e. The van der Waals surface area contributed by atoms with Crippen molar-refractivity contribution in [3.05, 3.63) is 66.4 Å². The first-order chi connectivity index (χ1) is 11.7. The zero-order chi connectivity index (χ0) is 16.9. The monoisotopic (exact) mass is 323 g/mol. The van der Waals surface area contributed by atoms with Crippen molar-refractivity contribution in [2.75, 3.05) is 19.5 Å². The first-order valence-electron chi connectivity index (χ1n) is 7.38. The largest absolute Gasteiger partial charge is 0.497 e. The van der Waals surface area contributed by atoms with Crippen LogP contribution in [-0.4, -0.2) is 20.1 Å². The number of carbonyl (C=O) groups is 1. The van der Waals surface area contributed by atoms with Crippen LogP contribution in [0, 0.1) is 0 Å². The summed E-state index contributed by atoms with van der Waals surface area (Å²) in [5.41, 5.74) is 2.00. The molecule has 1 amide bonds. The van der Waals surface area contributed by atoms with Crippen molar-refractivity contribution >= 4 is 11.6 Å². The van der Waals surface area contributed by atoms with E-state index in [2.05, 4.69) is 5.32 Å². The average Bonchev–Trinajstić information content (AvgIpc) is 3.16. The number of amides is 1. The Hall–Kier alpha value is -3.21. The summed E-state index contributed by atoms with van der Waals surface area (Å²) in [6, 6.07) is 16.1. The van der Waals surface area contributed by atoms with Crippen molar-refractivity contribution in [3.63, 3.8) is 0 Å². The van der Waals surface area contributed by atoms with Crippen LogP contribution < -0.4 is 14.8 Å². The second kappa shape index (κ2) is 6.91. The standard InChI is InChI=1S/C19H17NO4/c1-22-15-8-5-13(6-9-15)19(21)20-16-10-7-14(12-18(16)23-2)17-4-3-11-24-17/h3-12H,1-2H3,(H,20,21). The topological polar surface area (TPSA) is 60.7 Å². The van der Waals surface area contributed by atoms with Gasteiger partial charge in [0.1, 0.15) is 17.3 Å². The van der Waals surface area contributed by atoms with Crippen LogP contribution in [0.5, 0.6) is 11.5 Å². The first kappa shape index (κ1) is 15.7. The number of nitrogens with one attached hydrogen (secondary N) is 1. The molecule has 0 aliphatic rings. The zero-order valence-electron chi connectivity index (χ0n) is 13.4. The summed E-state index contributed by atoms with van der Waals surface area (Å²) in [5.74, 6) is 1.78. The van der Waals surface area contributed by atoms with Gasteiger partial charge in [0.2, 0.25) is 0 Å². The number of furan rings is 1. The molecule has 0 saturated heterocycles. The van der Waals surface area contributed by atoms with Crippen LogP contribution in [0.25, 0.3) is 11.3 Å². The van der Waals surface area contributed by atoms with Crippen LogP contribution in [0.2, 0.25) is 0 Å². The molecule has 2 aromatic carbocycles. The summed E-state index contributed by atoms with van der Waals surface area (Å²) in [6.45, 7) is 0. The Balaban J connectivity index is 1.82. The fraction of sp³-hybridized carbons (Fsp3) is 0.105. The highest BCUT2D eigenvalue weighted by molar-refractivity contribution is 6.05. The molecular weight excluding hydrogens is 306 g/mol. The minimum absolute atomic E-state index is 0.221. The molecule has 5 heteroatoms. The van der Waals surface area contributed by atoms with Crippen molar-refractivity contribution in [2.24, 2.45) is 0 Å². The Morgan fingerprint density at radius 3 is 2.42 bits per heavy atom. The fourth-order valence-corrected chi connectivity index (χ4v) is 2.33. The Labute approximate surface area is 139 Å². The number of methoxy groups -OCH3 is 2. The van der Waals surface area contributed by atoms with Gasteiger partial charge in [-0.15, -0.1) is 0 Å². The van der Waals surface area contributed by atoms with Crippen LogP contribution in [0.3, 0.4) is 0 Å². The molecule has 122 valence electrons. The summed E-state index contributed by atoms with van der Waals surface area (Å²) in [7, 11) is 3.14. The van der Waals surface area contributed by atoms with Gasteiger partial charge in [0.15, 0.2) is 0 Å². The van der Waals surface area contributed by atoms with Crippen LogP contribution in [-0.2, 0) is 0 Å². The first-order valence-corrected chi connectivity index (χ1v) is 7.38. The summed E-state index contributed by atoms with van der Waals surface area (Å²) in [5, 5.41) is 2.85. The summed E-state index contributed by atoms with van der Waals surface area (Å²) in [4.78, 5) is 12.4. The normalized spacial score (nSPS) is 10.2. The van der Waals surface area contributed by atoms with E-state index in [0.29, 0.717) is 22.7 Å². The highest BCUT2D eigenvalue weighted by Crippen LogP contribution is 2.31. The molecule has 0 atom stereocenters. The van der Waals surface area contributed by atoms with Crippen LogP contribution in [0.4, 0.5) is 5.69 Å². The number of ether oxygens (including phenoxy) is 2. The maximum Gasteiger partial charge on any atom is 0.255 e. The molecule has 0 saturated carbocycles. The fourth-order valence-electron chi connectivity index (χ4n) is 2.33. The molecule has 0 unspecified atom stereocenters. The van der Waals surface area contributed by atoms with E-state index in [4.69, 9.17) is 13.9 Å². The van der Waals surface area contributed by atoms with E-state index in [9.17, 15) is 4.79 Å².